The van der Waals surface area contributed by atoms with Crippen molar-refractivity contribution in [2.24, 2.45) is 0 Å². The van der Waals surface area contributed by atoms with Crippen molar-refractivity contribution in [1.82, 2.24) is 9.80 Å². The molecular formula is C16H26N2. The van der Waals surface area contributed by atoms with Gasteiger partial charge in [-0.15, -0.1) is 0 Å². The molecule has 18 heavy (non-hydrogen) atoms. The molecule has 2 rings (SSSR count). The fourth-order valence-corrected chi connectivity index (χ4v) is 2.77. The van der Waals surface area contributed by atoms with E-state index >= 15 is 0 Å². The maximum Gasteiger partial charge on any atom is 0.0237 e. The Morgan fingerprint density at radius 2 is 2.06 bits per heavy atom. The van der Waals surface area contributed by atoms with E-state index in [1.165, 1.54) is 30.8 Å². The van der Waals surface area contributed by atoms with Gasteiger partial charge in [-0.2, -0.15) is 0 Å². The van der Waals surface area contributed by atoms with Gasteiger partial charge >= 0.3 is 0 Å². The maximum absolute atomic E-state index is 2.60. The van der Waals surface area contributed by atoms with Gasteiger partial charge in [0.05, 0.1) is 0 Å². The van der Waals surface area contributed by atoms with E-state index in [4.69, 9.17) is 0 Å². The fraction of sp³-hybridized carbons (Fsp3) is 0.625. The Bertz CT molecular complexity index is 386. The Labute approximate surface area is 112 Å². The van der Waals surface area contributed by atoms with E-state index in [9.17, 15) is 0 Å². The van der Waals surface area contributed by atoms with E-state index in [1.807, 2.05) is 0 Å². The highest BCUT2D eigenvalue weighted by Crippen LogP contribution is 2.16. The predicted molar refractivity (Wildman–Crippen MR) is 77.8 cm³/mol. The quantitative estimate of drug-likeness (QED) is 0.809. The van der Waals surface area contributed by atoms with E-state index in [2.05, 4.69) is 61.8 Å². The van der Waals surface area contributed by atoms with E-state index in [0.29, 0.717) is 12.1 Å². The van der Waals surface area contributed by atoms with Crippen molar-refractivity contribution in [3.05, 3.63) is 35.4 Å². The van der Waals surface area contributed by atoms with Crippen LogP contribution in [0.2, 0.25) is 0 Å². The minimum absolute atomic E-state index is 0.654. The van der Waals surface area contributed by atoms with Crippen LogP contribution in [-0.2, 0) is 6.54 Å². The average molecular weight is 246 g/mol. The second-order valence-electron chi connectivity index (χ2n) is 5.90. The van der Waals surface area contributed by atoms with Gasteiger partial charge in [-0.3, -0.25) is 9.80 Å². The van der Waals surface area contributed by atoms with Gasteiger partial charge in [0, 0.05) is 38.3 Å². The van der Waals surface area contributed by atoms with Gasteiger partial charge in [0.1, 0.15) is 0 Å². The monoisotopic (exact) mass is 246 g/mol. The van der Waals surface area contributed by atoms with Crippen molar-refractivity contribution in [3.8, 4) is 0 Å². The summed E-state index contributed by atoms with van der Waals surface area (Å²) in [4.78, 5) is 5.19. The lowest BCUT2D eigenvalue weighted by atomic mass is 10.1. The first-order chi connectivity index (χ1) is 8.56. The Morgan fingerprint density at radius 3 is 2.67 bits per heavy atom. The summed E-state index contributed by atoms with van der Waals surface area (Å²) in [5.41, 5.74) is 2.81. The number of hydrogen-bond acceptors (Lipinski definition) is 2. The number of hydrogen-bond donors (Lipinski definition) is 0. The second-order valence-corrected chi connectivity index (χ2v) is 5.90. The van der Waals surface area contributed by atoms with Gasteiger partial charge in [0.15, 0.2) is 0 Å². The van der Waals surface area contributed by atoms with Crippen molar-refractivity contribution < 1.29 is 0 Å². The van der Waals surface area contributed by atoms with Crippen LogP contribution in [0.4, 0.5) is 0 Å². The largest absolute Gasteiger partial charge is 0.298 e. The molecular weight excluding hydrogens is 220 g/mol. The van der Waals surface area contributed by atoms with Crippen molar-refractivity contribution in [2.75, 3.05) is 19.6 Å². The number of nitrogens with zero attached hydrogens (tertiary/aromatic N) is 2. The summed E-state index contributed by atoms with van der Waals surface area (Å²) in [7, 11) is 0. The van der Waals surface area contributed by atoms with Crippen LogP contribution in [0.3, 0.4) is 0 Å². The van der Waals surface area contributed by atoms with Crippen LogP contribution in [0, 0.1) is 6.92 Å². The fourth-order valence-electron chi connectivity index (χ4n) is 2.77. The molecule has 0 spiro atoms. The zero-order chi connectivity index (χ0) is 13.1. The minimum atomic E-state index is 0.654. The van der Waals surface area contributed by atoms with Crippen LogP contribution in [0.5, 0.6) is 0 Å². The Morgan fingerprint density at radius 1 is 1.28 bits per heavy atom. The number of benzene rings is 1. The molecule has 0 aromatic heterocycles. The summed E-state index contributed by atoms with van der Waals surface area (Å²) in [5, 5.41) is 0. The number of aryl methyl sites for hydroxylation is 1. The summed E-state index contributed by atoms with van der Waals surface area (Å²) in [6.07, 6.45) is 0. The average Bonchev–Trinajstić information content (AvgIpc) is 2.31. The highest BCUT2D eigenvalue weighted by Gasteiger charge is 2.24. The van der Waals surface area contributed by atoms with E-state index in [1.54, 1.807) is 0 Å². The second kappa shape index (κ2) is 5.85. The molecule has 1 aromatic rings. The highest BCUT2D eigenvalue weighted by atomic mass is 15.3. The van der Waals surface area contributed by atoms with Crippen molar-refractivity contribution in [2.45, 2.75) is 46.3 Å². The van der Waals surface area contributed by atoms with E-state index < -0.39 is 0 Å². The van der Waals surface area contributed by atoms with Gasteiger partial charge in [-0.1, -0.05) is 29.8 Å². The molecule has 1 aliphatic heterocycles. The van der Waals surface area contributed by atoms with Gasteiger partial charge in [0.2, 0.25) is 0 Å². The third-order valence-corrected chi connectivity index (χ3v) is 3.99. The Hall–Kier alpha value is -0.860. The normalized spacial score (nSPS) is 22.6. The molecule has 1 aromatic carbocycles. The van der Waals surface area contributed by atoms with Crippen LogP contribution in [0.15, 0.2) is 24.3 Å². The summed E-state index contributed by atoms with van der Waals surface area (Å²) in [5.74, 6) is 0. The number of rotatable bonds is 3. The van der Waals surface area contributed by atoms with Gasteiger partial charge in [0.25, 0.3) is 0 Å². The molecule has 0 amide bonds. The third-order valence-electron chi connectivity index (χ3n) is 3.99. The van der Waals surface area contributed by atoms with Gasteiger partial charge in [-0.05, 0) is 33.3 Å². The molecule has 1 saturated heterocycles. The lowest BCUT2D eigenvalue weighted by Gasteiger charge is -2.41. The number of piperazine rings is 1. The van der Waals surface area contributed by atoms with Crippen LogP contribution < -0.4 is 0 Å². The summed E-state index contributed by atoms with van der Waals surface area (Å²) >= 11 is 0. The SMILES string of the molecule is Cc1cccc(CN2CCN(C(C)C)CC2C)c1. The summed E-state index contributed by atoms with van der Waals surface area (Å²) in [6.45, 7) is 13.8. The summed E-state index contributed by atoms with van der Waals surface area (Å²) < 4.78 is 0. The standard InChI is InChI=1S/C16H26N2/c1-13(2)17-8-9-18(15(4)11-17)12-16-7-5-6-14(3)10-16/h5-7,10,13,15H,8-9,11-12H2,1-4H3. The Kier molecular flexibility index (Phi) is 4.41. The Balaban J connectivity index is 1.95. The molecule has 0 N–H and O–H groups in total. The van der Waals surface area contributed by atoms with Crippen molar-refractivity contribution in [1.29, 1.82) is 0 Å². The molecule has 2 nitrogen and oxygen atoms in total. The molecule has 0 saturated carbocycles. The molecule has 100 valence electrons. The van der Waals surface area contributed by atoms with Crippen LogP contribution in [0.25, 0.3) is 0 Å². The zero-order valence-corrected chi connectivity index (χ0v) is 12.2. The van der Waals surface area contributed by atoms with Crippen molar-refractivity contribution >= 4 is 0 Å². The molecule has 0 radical (unpaired) electrons. The lowest BCUT2D eigenvalue weighted by Crippen LogP contribution is -2.53. The highest BCUT2D eigenvalue weighted by molar-refractivity contribution is 5.22. The summed E-state index contributed by atoms with van der Waals surface area (Å²) in [6, 6.07) is 10.2. The molecule has 1 unspecified atom stereocenters. The first kappa shape index (κ1) is 13.6. The van der Waals surface area contributed by atoms with Crippen LogP contribution >= 0.6 is 0 Å². The molecule has 0 bridgehead atoms. The third kappa shape index (κ3) is 3.33. The maximum atomic E-state index is 2.60. The first-order valence-electron chi connectivity index (χ1n) is 7.10. The molecule has 1 aliphatic rings. The molecule has 1 heterocycles. The topological polar surface area (TPSA) is 6.48 Å². The first-order valence-corrected chi connectivity index (χ1v) is 7.10. The van der Waals surface area contributed by atoms with E-state index in [0.717, 1.165) is 6.54 Å². The van der Waals surface area contributed by atoms with E-state index in [-0.39, 0.29) is 0 Å². The van der Waals surface area contributed by atoms with Crippen LogP contribution in [0.1, 0.15) is 31.9 Å². The van der Waals surface area contributed by atoms with Crippen LogP contribution in [-0.4, -0.2) is 41.5 Å². The minimum Gasteiger partial charge on any atom is -0.298 e. The molecule has 1 atom stereocenters. The van der Waals surface area contributed by atoms with Gasteiger partial charge in [-0.25, -0.2) is 0 Å². The molecule has 1 fully saturated rings. The smallest absolute Gasteiger partial charge is 0.0237 e. The zero-order valence-electron chi connectivity index (χ0n) is 12.2. The predicted octanol–water partition coefficient (Wildman–Crippen LogP) is 2.91. The van der Waals surface area contributed by atoms with Gasteiger partial charge < -0.3 is 0 Å². The molecule has 2 heteroatoms. The lowest BCUT2D eigenvalue weighted by molar-refractivity contribution is 0.0597. The molecule has 0 aliphatic carbocycles. The van der Waals surface area contributed by atoms with Crippen molar-refractivity contribution in [3.63, 3.8) is 0 Å².